The van der Waals surface area contributed by atoms with E-state index >= 15 is 0 Å². The Morgan fingerprint density at radius 3 is 1.31 bits per heavy atom. The van der Waals surface area contributed by atoms with E-state index in [0.717, 1.165) is 24.0 Å². The summed E-state index contributed by atoms with van der Waals surface area (Å²) in [6.07, 6.45) is 6.80. The molecule has 4 nitrogen and oxygen atoms in total. The molecular weight excluding hydrogens is 324 g/mol. The molecule has 0 fully saturated rings. The summed E-state index contributed by atoms with van der Waals surface area (Å²) in [5.74, 6) is 0. The van der Waals surface area contributed by atoms with Crippen molar-refractivity contribution in [1.82, 2.24) is 10.6 Å². The standard InChI is InChI=1S/C22H24N2O2/c1-3-17-5-9-19(10-6-17)13-21(23-15-25)22(24-16-26)14-20-11-7-18(4-2)8-12-20/h5-16H,3-4H2,1-2H3,(H,23,25)(H,24,26). The second-order valence-electron chi connectivity index (χ2n) is 5.83. The number of carbonyl (C=O) groups excluding carboxylic acids is 2. The average molecular weight is 348 g/mol. The largest absolute Gasteiger partial charge is 0.327 e. The van der Waals surface area contributed by atoms with Gasteiger partial charge in [-0.25, -0.2) is 0 Å². The van der Waals surface area contributed by atoms with E-state index in [1.807, 2.05) is 60.7 Å². The molecule has 0 aromatic heterocycles. The van der Waals surface area contributed by atoms with Crippen molar-refractivity contribution < 1.29 is 9.59 Å². The van der Waals surface area contributed by atoms with Gasteiger partial charge in [-0.05, 0) is 47.2 Å². The van der Waals surface area contributed by atoms with E-state index in [9.17, 15) is 9.59 Å². The molecule has 0 unspecified atom stereocenters. The van der Waals surface area contributed by atoms with Crippen molar-refractivity contribution in [2.45, 2.75) is 26.7 Å². The fourth-order valence-electron chi connectivity index (χ4n) is 2.55. The predicted octanol–water partition coefficient (Wildman–Crippen LogP) is 3.69. The van der Waals surface area contributed by atoms with Crippen LogP contribution >= 0.6 is 0 Å². The fourth-order valence-corrected chi connectivity index (χ4v) is 2.55. The second kappa shape index (κ2) is 9.99. The maximum absolute atomic E-state index is 11.1. The van der Waals surface area contributed by atoms with Crippen molar-refractivity contribution in [1.29, 1.82) is 0 Å². The van der Waals surface area contributed by atoms with Gasteiger partial charge in [-0.2, -0.15) is 0 Å². The van der Waals surface area contributed by atoms with Crippen LogP contribution in [0.3, 0.4) is 0 Å². The molecule has 4 heteroatoms. The first kappa shape index (κ1) is 19.2. The van der Waals surface area contributed by atoms with Gasteiger partial charge in [-0.1, -0.05) is 62.4 Å². The SMILES string of the molecule is CCc1ccc(C=C(NC=O)C(=Cc2ccc(CC)cc2)NC=O)cc1. The molecule has 0 atom stereocenters. The van der Waals surface area contributed by atoms with E-state index in [1.54, 1.807) is 0 Å². The molecule has 2 N–H and O–H groups in total. The van der Waals surface area contributed by atoms with Gasteiger partial charge < -0.3 is 10.6 Å². The number of carbonyl (C=O) groups is 2. The highest BCUT2D eigenvalue weighted by molar-refractivity contribution is 5.72. The van der Waals surface area contributed by atoms with Gasteiger partial charge >= 0.3 is 0 Å². The molecule has 2 rings (SSSR count). The van der Waals surface area contributed by atoms with Crippen LogP contribution in [0.15, 0.2) is 59.9 Å². The van der Waals surface area contributed by atoms with Gasteiger partial charge in [0.15, 0.2) is 0 Å². The van der Waals surface area contributed by atoms with Crippen LogP contribution in [0.1, 0.15) is 36.1 Å². The Labute approximate surface area is 154 Å². The van der Waals surface area contributed by atoms with E-state index < -0.39 is 0 Å². The fraction of sp³-hybridized carbons (Fsp3) is 0.182. The summed E-state index contributed by atoms with van der Waals surface area (Å²) in [4.78, 5) is 22.1. The minimum Gasteiger partial charge on any atom is -0.327 e. The molecule has 0 aliphatic rings. The Bertz CT molecular complexity index is 718. The lowest BCUT2D eigenvalue weighted by molar-refractivity contribution is -0.110. The topological polar surface area (TPSA) is 58.2 Å². The molecule has 0 saturated carbocycles. The first-order valence-corrected chi connectivity index (χ1v) is 8.72. The molecule has 0 radical (unpaired) electrons. The lowest BCUT2D eigenvalue weighted by Gasteiger charge is -2.11. The van der Waals surface area contributed by atoms with Crippen LogP contribution in [0.25, 0.3) is 12.2 Å². The highest BCUT2D eigenvalue weighted by Gasteiger charge is 2.06. The maximum atomic E-state index is 11.1. The van der Waals surface area contributed by atoms with Gasteiger partial charge in [-0.3, -0.25) is 9.59 Å². The zero-order valence-electron chi connectivity index (χ0n) is 15.2. The normalized spacial score (nSPS) is 11.8. The molecule has 0 aliphatic carbocycles. The molecule has 0 aliphatic heterocycles. The molecule has 2 aromatic rings. The summed E-state index contributed by atoms with van der Waals surface area (Å²) < 4.78 is 0. The highest BCUT2D eigenvalue weighted by Crippen LogP contribution is 2.16. The van der Waals surface area contributed by atoms with Gasteiger partial charge in [0.2, 0.25) is 12.8 Å². The van der Waals surface area contributed by atoms with Gasteiger partial charge in [0.1, 0.15) is 0 Å². The maximum Gasteiger partial charge on any atom is 0.211 e. The molecule has 0 heterocycles. The van der Waals surface area contributed by atoms with Crippen LogP contribution in [-0.4, -0.2) is 12.8 Å². The molecule has 134 valence electrons. The van der Waals surface area contributed by atoms with Crippen molar-refractivity contribution >= 4 is 25.0 Å². The molecule has 26 heavy (non-hydrogen) atoms. The van der Waals surface area contributed by atoms with Crippen molar-refractivity contribution in [2.24, 2.45) is 0 Å². The van der Waals surface area contributed by atoms with Crippen molar-refractivity contribution in [2.75, 3.05) is 0 Å². The third-order valence-corrected chi connectivity index (χ3v) is 4.12. The number of rotatable bonds is 9. The Balaban J connectivity index is 2.39. The third-order valence-electron chi connectivity index (χ3n) is 4.12. The van der Waals surface area contributed by atoms with Crippen LogP contribution in [0.2, 0.25) is 0 Å². The number of aryl methyl sites for hydroxylation is 2. The van der Waals surface area contributed by atoms with Gasteiger partial charge in [0.05, 0.1) is 11.4 Å². The first-order chi connectivity index (χ1) is 12.7. The van der Waals surface area contributed by atoms with E-state index in [2.05, 4.69) is 24.5 Å². The Morgan fingerprint density at radius 1 is 0.692 bits per heavy atom. The number of hydrogen-bond acceptors (Lipinski definition) is 2. The molecule has 0 saturated heterocycles. The van der Waals surface area contributed by atoms with E-state index in [1.165, 1.54) is 11.1 Å². The van der Waals surface area contributed by atoms with E-state index in [0.29, 0.717) is 24.2 Å². The minimum atomic E-state index is 0.524. The smallest absolute Gasteiger partial charge is 0.211 e. The van der Waals surface area contributed by atoms with E-state index in [4.69, 9.17) is 0 Å². The minimum absolute atomic E-state index is 0.524. The summed E-state index contributed by atoms with van der Waals surface area (Å²) in [5.41, 5.74) is 5.40. The van der Waals surface area contributed by atoms with Crippen LogP contribution in [0.5, 0.6) is 0 Å². The Hall–Kier alpha value is -3.14. The van der Waals surface area contributed by atoms with Crippen LogP contribution in [0.4, 0.5) is 0 Å². The highest BCUT2D eigenvalue weighted by atomic mass is 16.1. The summed E-state index contributed by atoms with van der Waals surface area (Å²) in [6, 6.07) is 16.1. The Kier molecular flexibility index (Phi) is 7.37. The van der Waals surface area contributed by atoms with Crippen LogP contribution < -0.4 is 10.6 Å². The van der Waals surface area contributed by atoms with Crippen LogP contribution in [0, 0.1) is 0 Å². The number of benzene rings is 2. The summed E-state index contributed by atoms with van der Waals surface area (Å²) in [7, 11) is 0. The summed E-state index contributed by atoms with van der Waals surface area (Å²) >= 11 is 0. The van der Waals surface area contributed by atoms with E-state index in [-0.39, 0.29) is 0 Å². The average Bonchev–Trinajstić information content (AvgIpc) is 2.68. The molecule has 0 spiro atoms. The molecule has 2 aromatic carbocycles. The lowest BCUT2D eigenvalue weighted by Crippen LogP contribution is -2.21. The number of hydrogen-bond donors (Lipinski definition) is 2. The van der Waals surface area contributed by atoms with Crippen molar-refractivity contribution in [3.63, 3.8) is 0 Å². The van der Waals surface area contributed by atoms with Gasteiger partial charge in [0.25, 0.3) is 0 Å². The summed E-state index contributed by atoms with van der Waals surface area (Å²) in [5, 5.41) is 5.36. The van der Waals surface area contributed by atoms with Gasteiger partial charge in [0, 0.05) is 0 Å². The molecule has 2 amide bonds. The zero-order chi connectivity index (χ0) is 18.8. The monoisotopic (exact) mass is 348 g/mol. The predicted molar refractivity (Wildman–Crippen MR) is 106 cm³/mol. The molecule has 0 bridgehead atoms. The second-order valence-corrected chi connectivity index (χ2v) is 5.83. The molecular formula is C22H24N2O2. The number of nitrogens with one attached hydrogen (secondary N) is 2. The lowest BCUT2D eigenvalue weighted by atomic mass is 10.1. The quantitative estimate of drug-likeness (QED) is 0.536. The first-order valence-electron chi connectivity index (χ1n) is 8.72. The van der Waals surface area contributed by atoms with Gasteiger partial charge in [-0.15, -0.1) is 0 Å². The third kappa shape index (κ3) is 5.45. The van der Waals surface area contributed by atoms with Crippen LogP contribution in [-0.2, 0) is 22.4 Å². The van der Waals surface area contributed by atoms with Crippen molar-refractivity contribution in [3.8, 4) is 0 Å². The van der Waals surface area contributed by atoms with Crippen molar-refractivity contribution in [3.05, 3.63) is 82.2 Å². The number of amides is 2. The Morgan fingerprint density at radius 2 is 1.04 bits per heavy atom. The zero-order valence-corrected chi connectivity index (χ0v) is 15.2. The summed E-state index contributed by atoms with van der Waals surface area (Å²) in [6.45, 7) is 4.20.